The monoisotopic (exact) mass is 311 g/mol. The first-order valence-corrected chi connectivity index (χ1v) is 8.22. The molecule has 0 bridgehead atoms. The van der Waals surface area contributed by atoms with Crippen molar-refractivity contribution in [3.8, 4) is 0 Å². The van der Waals surface area contributed by atoms with Gasteiger partial charge in [0.15, 0.2) is 0 Å². The number of hydrogen-bond acceptors (Lipinski definition) is 7. The average Bonchev–Trinajstić information content (AvgIpc) is 2.43. The van der Waals surface area contributed by atoms with Gasteiger partial charge in [-0.05, 0) is 17.9 Å². The summed E-state index contributed by atoms with van der Waals surface area (Å²) in [5.74, 6) is 1.56. The van der Waals surface area contributed by atoms with Crippen molar-refractivity contribution in [1.82, 2.24) is 5.32 Å². The number of carbonyl (C=O) groups is 1. The Kier molecular flexibility index (Phi) is 7.48. The molecule has 6 nitrogen and oxygen atoms in total. The third-order valence-corrected chi connectivity index (χ3v) is 5.92. The number of nitrogens with one attached hydrogen (secondary N) is 1. The van der Waals surface area contributed by atoms with E-state index in [4.69, 9.17) is 5.11 Å². The minimum atomic E-state index is -1.50. The zero-order valence-corrected chi connectivity index (χ0v) is 12.4. The van der Waals surface area contributed by atoms with Crippen molar-refractivity contribution in [2.45, 2.75) is 42.3 Å². The van der Waals surface area contributed by atoms with Crippen LogP contribution in [0.3, 0.4) is 0 Å². The van der Waals surface area contributed by atoms with E-state index in [9.17, 15) is 20.1 Å². The Balaban J connectivity index is 2.73. The summed E-state index contributed by atoms with van der Waals surface area (Å²) in [5, 5.41) is 40.7. The maximum Gasteiger partial charge on any atom is 0.217 e. The molecule has 0 aromatic carbocycles. The minimum Gasteiger partial charge on any atom is -0.394 e. The summed E-state index contributed by atoms with van der Waals surface area (Å²) in [7, 11) is 0. The van der Waals surface area contributed by atoms with Crippen molar-refractivity contribution in [3.05, 3.63) is 0 Å². The Morgan fingerprint density at radius 1 is 1.26 bits per heavy atom. The summed E-state index contributed by atoms with van der Waals surface area (Å²) in [5.41, 5.74) is 0. The molecular formula is C11H21NO5S2. The molecule has 0 aromatic rings. The number of rotatable bonds is 6. The molecule has 1 heterocycles. The van der Waals surface area contributed by atoms with Crippen LogP contribution < -0.4 is 5.32 Å². The number of carbonyl (C=O) groups excluding carboxylic acids is 1. The van der Waals surface area contributed by atoms with Crippen molar-refractivity contribution < 1.29 is 25.2 Å². The van der Waals surface area contributed by atoms with E-state index in [2.05, 4.69) is 5.32 Å². The van der Waals surface area contributed by atoms with Crippen LogP contribution in [0.5, 0.6) is 0 Å². The van der Waals surface area contributed by atoms with Crippen LogP contribution in [0.4, 0.5) is 0 Å². The molecule has 5 N–H and O–H groups in total. The first-order valence-electron chi connectivity index (χ1n) is 6.12. The van der Waals surface area contributed by atoms with Gasteiger partial charge in [0.05, 0.1) is 17.2 Å². The Morgan fingerprint density at radius 2 is 1.84 bits per heavy atom. The Labute approximate surface area is 121 Å². The van der Waals surface area contributed by atoms with Gasteiger partial charge < -0.3 is 25.7 Å². The van der Waals surface area contributed by atoms with Gasteiger partial charge in [0.25, 0.3) is 0 Å². The summed E-state index contributed by atoms with van der Waals surface area (Å²) in [6.07, 6.45) is -3.18. The molecule has 1 saturated heterocycles. The summed E-state index contributed by atoms with van der Waals surface area (Å²) in [6, 6.07) is -0.663. The van der Waals surface area contributed by atoms with Gasteiger partial charge in [-0.1, -0.05) is 0 Å². The fraction of sp³-hybridized carbons (Fsp3) is 0.909. The van der Waals surface area contributed by atoms with Crippen molar-refractivity contribution in [2.75, 3.05) is 18.1 Å². The van der Waals surface area contributed by atoms with E-state index in [1.54, 1.807) is 23.5 Å². The molecule has 4 atom stereocenters. The second kappa shape index (κ2) is 8.33. The lowest BCUT2D eigenvalue weighted by molar-refractivity contribution is -0.123. The maximum atomic E-state index is 11.2. The molecule has 0 spiro atoms. The van der Waals surface area contributed by atoms with Crippen molar-refractivity contribution >= 4 is 29.4 Å². The SMILES string of the molecule is CC(=O)N[C@@H](C1SCCCS1)[C@@H](O)[C@H](O)[C@H](O)CO. The van der Waals surface area contributed by atoms with Crippen molar-refractivity contribution in [1.29, 1.82) is 0 Å². The van der Waals surface area contributed by atoms with E-state index < -0.39 is 31.0 Å². The highest BCUT2D eigenvalue weighted by Crippen LogP contribution is 2.34. The normalized spacial score (nSPS) is 23.4. The molecule has 1 amide bonds. The molecule has 0 aliphatic carbocycles. The zero-order chi connectivity index (χ0) is 14.4. The number of amides is 1. The molecule has 19 heavy (non-hydrogen) atoms. The highest BCUT2D eigenvalue weighted by atomic mass is 32.2. The second-order valence-electron chi connectivity index (χ2n) is 4.42. The van der Waals surface area contributed by atoms with Crippen molar-refractivity contribution in [2.24, 2.45) is 0 Å². The van der Waals surface area contributed by atoms with E-state index in [0.29, 0.717) is 0 Å². The van der Waals surface area contributed by atoms with E-state index in [1.165, 1.54) is 6.92 Å². The number of hydrogen-bond donors (Lipinski definition) is 5. The van der Waals surface area contributed by atoms with E-state index in [1.807, 2.05) is 0 Å². The van der Waals surface area contributed by atoms with Gasteiger partial charge in [-0.3, -0.25) is 4.79 Å². The van der Waals surface area contributed by atoms with Crippen LogP contribution in [0.1, 0.15) is 13.3 Å². The summed E-state index contributed by atoms with van der Waals surface area (Å²) in [4.78, 5) is 11.2. The first-order chi connectivity index (χ1) is 8.97. The average molecular weight is 311 g/mol. The highest BCUT2D eigenvalue weighted by molar-refractivity contribution is 8.17. The number of aliphatic hydroxyl groups excluding tert-OH is 4. The Hall–Kier alpha value is 0.01000. The zero-order valence-electron chi connectivity index (χ0n) is 10.7. The molecule has 1 fully saturated rings. The largest absolute Gasteiger partial charge is 0.394 e. The van der Waals surface area contributed by atoms with Crippen LogP contribution in [-0.4, -0.2) is 73.4 Å². The lowest BCUT2D eigenvalue weighted by atomic mass is 10.0. The lowest BCUT2D eigenvalue weighted by Gasteiger charge is -2.35. The maximum absolute atomic E-state index is 11.2. The molecule has 0 aromatic heterocycles. The number of aliphatic hydroxyl groups is 4. The second-order valence-corrected chi connectivity index (χ2v) is 7.22. The quantitative estimate of drug-likeness (QED) is 0.417. The molecule has 1 aliphatic heterocycles. The van der Waals surface area contributed by atoms with Gasteiger partial charge in [-0.15, -0.1) is 23.5 Å². The van der Waals surface area contributed by atoms with E-state index >= 15 is 0 Å². The Bertz CT molecular complexity index is 288. The van der Waals surface area contributed by atoms with Gasteiger partial charge in [-0.2, -0.15) is 0 Å². The first kappa shape index (κ1) is 17.1. The predicted octanol–water partition coefficient (Wildman–Crippen LogP) is -1.24. The standard InChI is InChI=1S/C11H21NO5S2/c1-6(14)12-8(11-18-3-2-4-19-11)10(17)9(16)7(15)5-13/h7-11,13,15-17H,2-5H2,1H3,(H,12,14)/t7-,8-,9-,10-/m1/s1. The van der Waals surface area contributed by atoms with Crippen LogP contribution in [0.2, 0.25) is 0 Å². The molecule has 0 unspecified atom stereocenters. The molecule has 0 radical (unpaired) electrons. The van der Waals surface area contributed by atoms with Gasteiger partial charge in [0, 0.05) is 6.92 Å². The van der Waals surface area contributed by atoms with Crippen LogP contribution in [0.25, 0.3) is 0 Å². The fourth-order valence-corrected chi connectivity index (χ4v) is 4.91. The fourth-order valence-electron chi connectivity index (χ4n) is 1.81. The smallest absolute Gasteiger partial charge is 0.217 e. The molecule has 1 rings (SSSR count). The van der Waals surface area contributed by atoms with Gasteiger partial charge >= 0.3 is 0 Å². The van der Waals surface area contributed by atoms with Crippen LogP contribution in [-0.2, 0) is 4.79 Å². The summed E-state index contributed by atoms with van der Waals surface area (Å²) < 4.78 is -0.0757. The number of thioether (sulfide) groups is 2. The predicted molar refractivity (Wildman–Crippen MR) is 76.0 cm³/mol. The molecular weight excluding hydrogens is 290 g/mol. The van der Waals surface area contributed by atoms with Crippen LogP contribution in [0, 0.1) is 0 Å². The lowest BCUT2D eigenvalue weighted by Crippen LogP contribution is -2.56. The molecule has 8 heteroatoms. The summed E-state index contributed by atoms with van der Waals surface area (Å²) in [6.45, 7) is 0.697. The van der Waals surface area contributed by atoms with Crippen LogP contribution >= 0.6 is 23.5 Å². The van der Waals surface area contributed by atoms with E-state index in [-0.39, 0.29) is 10.5 Å². The third kappa shape index (κ3) is 5.13. The van der Waals surface area contributed by atoms with Gasteiger partial charge in [0.2, 0.25) is 5.91 Å². The topological polar surface area (TPSA) is 110 Å². The summed E-state index contributed by atoms with van der Waals surface area (Å²) >= 11 is 3.22. The molecule has 1 aliphatic rings. The third-order valence-electron chi connectivity index (χ3n) is 2.82. The van der Waals surface area contributed by atoms with Crippen molar-refractivity contribution in [3.63, 3.8) is 0 Å². The van der Waals surface area contributed by atoms with Gasteiger partial charge in [0.1, 0.15) is 18.3 Å². The molecule has 112 valence electrons. The molecule has 0 saturated carbocycles. The van der Waals surface area contributed by atoms with E-state index in [0.717, 1.165) is 17.9 Å². The highest BCUT2D eigenvalue weighted by Gasteiger charge is 2.37. The van der Waals surface area contributed by atoms with Crippen LogP contribution in [0.15, 0.2) is 0 Å². The minimum absolute atomic E-state index is 0.0757. The van der Waals surface area contributed by atoms with Gasteiger partial charge in [-0.25, -0.2) is 0 Å². The Morgan fingerprint density at radius 3 is 2.32 bits per heavy atom.